The molecule has 8 aromatic heterocycles. The molecule has 474 valence electrons. The van der Waals surface area contributed by atoms with E-state index in [1.807, 2.05) is 69.9 Å². The molecule has 2 amide bonds. The fourth-order valence-corrected chi connectivity index (χ4v) is 25.8. The lowest BCUT2D eigenvalue weighted by atomic mass is 10.0. The maximum Gasteiger partial charge on any atom is 0.266 e. The van der Waals surface area contributed by atoms with Gasteiger partial charge in [-0.05, 0) is 110 Å². The van der Waals surface area contributed by atoms with Crippen LogP contribution in [0.3, 0.4) is 0 Å². The molecule has 1 aromatic carbocycles. The lowest BCUT2D eigenvalue weighted by molar-refractivity contribution is -0.123. The Hall–Kier alpha value is -2.80. The Bertz CT molecular complexity index is 3700. The first-order valence-corrected chi connectivity index (χ1v) is 43.0. The lowest BCUT2D eigenvalue weighted by Gasteiger charge is -2.17. The van der Waals surface area contributed by atoms with Gasteiger partial charge in [-0.1, -0.05) is 179 Å². The van der Waals surface area contributed by atoms with Crippen molar-refractivity contribution in [2.45, 2.75) is 167 Å². The van der Waals surface area contributed by atoms with Gasteiger partial charge in [0.15, 0.2) is 0 Å². The van der Waals surface area contributed by atoms with Gasteiger partial charge in [0.25, 0.3) is 11.8 Å². The summed E-state index contributed by atoms with van der Waals surface area (Å²) in [5, 5.41) is 4.77. The van der Waals surface area contributed by atoms with E-state index in [1.54, 1.807) is 55.1 Å². The highest BCUT2D eigenvalue weighted by Crippen LogP contribution is 2.55. The Morgan fingerprint density at radius 1 is 0.444 bits per heavy atom. The Balaban J connectivity index is 0.860. The summed E-state index contributed by atoms with van der Waals surface area (Å²) in [6.07, 6.45) is 29.2. The number of hydrogen-bond acceptors (Lipinski definition) is 18. The number of thioether (sulfide) groups is 4. The van der Waals surface area contributed by atoms with Gasteiger partial charge in [0.2, 0.25) is 0 Å². The van der Waals surface area contributed by atoms with Gasteiger partial charge in [-0.3, -0.25) is 19.4 Å². The molecule has 10 heterocycles. The third-order valence-electron chi connectivity index (χ3n) is 16.5. The molecule has 20 heteroatoms. The maximum absolute atomic E-state index is 13.4. The van der Waals surface area contributed by atoms with Crippen molar-refractivity contribution in [3.05, 3.63) is 92.6 Å². The third-order valence-corrected chi connectivity index (χ3v) is 31.9. The molecule has 0 bridgehead atoms. The smallest absolute Gasteiger partial charge is 0.266 e. The molecule has 2 aliphatic rings. The van der Waals surface area contributed by atoms with Crippen molar-refractivity contribution in [2.24, 2.45) is 11.8 Å². The zero-order chi connectivity index (χ0) is 62.7. The summed E-state index contributed by atoms with van der Waals surface area (Å²) in [5.41, 5.74) is 0. The predicted molar refractivity (Wildman–Crippen MR) is 418 cm³/mol. The molecular weight excluding hydrogens is 1380 g/mol. The summed E-state index contributed by atoms with van der Waals surface area (Å²) in [7, 11) is 0. The van der Waals surface area contributed by atoms with Gasteiger partial charge < -0.3 is 0 Å². The highest BCUT2D eigenvalue weighted by Gasteiger charge is 2.33. The molecule has 0 aliphatic carbocycles. The topological polar surface area (TPSA) is 66.4 Å². The second kappa shape index (κ2) is 33.2. The minimum absolute atomic E-state index is 0.0211. The first-order chi connectivity index (χ1) is 44.0. The molecule has 2 atom stereocenters. The fourth-order valence-electron chi connectivity index (χ4n) is 11.1. The molecule has 11 rings (SSSR count). The first kappa shape index (κ1) is 68.6. The number of unbranched alkanes of at least 4 members (excludes halogenated alkanes) is 10. The van der Waals surface area contributed by atoms with Gasteiger partial charge in [0.05, 0.1) is 29.0 Å². The zero-order valence-electron chi connectivity index (χ0n) is 52.1. The van der Waals surface area contributed by atoms with E-state index in [0.717, 1.165) is 66.7 Å². The minimum atomic E-state index is 0.0211. The van der Waals surface area contributed by atoms with Crippen LogP contribution in [-0.2, 0) is 9.59 Å². The number of carbonyl (C=O) groups is 2. The van der Waals surface area contributed by atoms with E-state index in [9.17, 15) is 9.59 Å². The molecule has 2 saturated heterocycles. The zero-order valence-corrected chi connectivity index (χ0v) is 63.5. The average Bonchev–Trinajstić information content (AvgIpc) is 1.57. The average molecular weight is 1460 g/mol. The molecule has 0 saturated carbocycles. The van der Waals surface area contributed by atoms with Gasteiger partial charge in [-0.25, -0.2) is 9.97 Å². The molecule has 2 unspecified atom stereocenters. The second-order valence-corrected chi connectivity index (χ2v) is 37.1. The molecule has 0 radical (unpaired) electrons. The number of benzene rings is 1. The van der Waals surface area contributed by atoms with Crippen molar-refractivity contribution < 1.29 is 9.59 Å². The molecule has 2 aliphatic heterocycles. The fraction of sp³-hybridized carbons (Fsp3) is 0.429. The summed E-state index contributed by atoms with van der Waals surface area (Å²) in [4.78, 5) is 59.0. The van der Waals surface area contributed by atoms with Crippen LogP contribution in [0.5, 0.6) is 0 Å². The van der Waals surface area contributed by atoms with Crippen LogP contribution in [0, 0.1) is 11.8 Å². The number of amides is 2. The van der Waals surface area contributed by atoms with E-state index < -0.39 is 0 Å². The van der Waals surface area contributed by atoms with Crippen molar-refractivity contribution in [2.75, 3.05) is 24.6 Å². The van der Waals surface area contributed by atoms with Crippen LogP contribution in [0.25, 0.3) is 91.1 Å². The van der Waals surface area contributed by atoms with Gasteiger partial charge >= 0.3 is 0 Å². The van der Waals surface area contributed by atoms with Crippen LogP contribution in [0.15, 0.2) is 92.7 Å². The molecule has 9 aromatic rings. The van der Waals surface area contributed by atoms with Gasteiger partial charge in [0.1, 0.15) is 18.7 Å². The molecule has 90 heavy (non-hydrogen) atoms. The first-order valence-electron chi connectivity index (χ1n) is 32.1. The monoisotopic (exact) mass is 1450 g/mol. The van der Waals surface area contributed by atoms with Crippen molar-refractivity contribution in [1.82, 2.24) is 19.8 Å². The van der Waals surface area contributed by atoms with E-state index in [1.165, 1.54) is 182 Å². The number of fused-ring (bicyclic) bond motifs is 2. The minimum Gasteiger partial charge on any atom is -0.293 e. The highest BCUT2D eigenvalue weighted by molar-refractivity contribution is 8.27. The number of aromatic nitrogens is 2. The molecule has 2 fully saturated rings. The van der Waals surface area contributed by atoms with E-state index in [0.29, 0.717) is 43.4 Å². The van der Waals surface area contributed by atoms with Gasteiger partial charge in [-0.2, -0.15) is 0 Å². The number of hydrogen-bond donors (Lipinski definition) is 0. The number of thiazole rings is 2. The van der Waals surface area contributed by atoms with Crippen molar-refractivity contribution in [3.63, 3.8) is 0 Å². The Labute approximate surface area is 592 Å². The number of thiocarbonyl (C=S) groups is 2. The summed E-state index contributed by atoms with van der Waals surface area (Å²) >= 11 is 33.0. The van der Waals surface area contributed by atoms with Gasteiger partial charge in [-0.15, -0.1) is 114 Å². The number of carbonyl (C=O) groups excluding carboxylic acids is 2. The van der Waals surface area contributed by atoms with E-state index in [-0.39, 0.29) is 11.8 Å². The van der Waals surface area contributed by atoms with E-state index in [4.69, 9.17) is 34.4 Å². The predicted octanol–water partition coefficient (Wildman–Crippen LogP) is 26.2. The molecule has 6 nitrogen and oxygen atoms in total. The van der Waals surface area contributed by atoms with Crippen LogP contribution in [0.2, 0.25) is 0 Å². The summed E-state index contributed by atoms with van der Waals surface area (Å²) in [5.74, 6) is 3.63. The Kier molecular flexibility index (Phi) is 25.3. The van der Waals surface area contributed by atoms with Crippen LogP contribution in [0.4, 0.5) is 0 Å². The molecular formula is C70H78N4O2S14. The largest absolute Gasteiger partial charge is 0.293 e. The van der Waals surface area contributed by atoms with Crippen LogP contribution in [-0.4, -0.2) is 64.8 Å². The maximum atomic E-state index is 13.4. The third kappa shape index (κ3) is 16.5. The highest BCUT2D eigenvalue weighted by atomic mass is 32.2. The lowest BCUT2D eigenvalue weighted by Crippen LogP contribution is -2.28. The van der Waals surface area contributed by atoms with Crippen LogP contribution < -0.4 is 0 Å². The molecule has 0 spiro atoms. The second-order valence-electron chi connectivity index (χ2n) is 23.1. The normalized spacial score (nSPS) is 15.5. The number of rotatable bonds is 34. The van der Waals surface area contributed by atoms with E-state index in [2.05, 4.69) is 126 Å². The summed E-state index contributed by atoms with van der Waals surface area (Å²) in [6.45, 7) is 15.2. The quantitative estimate of drug-likeness (QED) is 0.0169. The van der Waals surface area contributed by atoms with Crippen molar-refractivity contribution >= 4 is 215 Å². The Morgan fingerprint density at radius 3 is 1.18 bits per heavy atom. The Morgan fingerprint density at radius 2 is 0.800 bits per heavy atom. The standard InChI is InChI=1S/C70H78N4O2S14/c1-7-13-17-19-21-33-73-67(75)59(89-69(73)77)35-45-39-71-65(81-45)55-31-29-51(85-55)49-25-27-53(83-49)57-37-47-61(79-41-43(11-5)23-15-9-3)64-48(62(63(47)87-57)80-42-44(12-6)24-16-10-4)38-58(88-64)54-28-26-50(84-54)52-30-32-56(86-52)66-72-40-46(82-66)36-60-68(76)74(70(78)90-60)34-22-20-18-14-8-2/h25-32,35-40,43-44H,7-24,33-34,41-42H2,1-6H3/b59-35-,60-36-. The van der Waals surface area contributed by atoms with E-state index >= 15 is 0 Å². The summed E-state index contributed by atoms with van der Waals surface area (Å²) in [6, 6.07) is 23.3. The molecule has 0 N–H and O–H groups in total. The number of nitrogens with zero attached hydrogens (tertiary/aromatic N) is 4. The van der Waals surface area contributed by atoms with Crippen LogP contribution in [0.1, 0.15) is 167 Å². The number of thiophene rings is 6. The van der Waals surface area contributed by atoms with Crippen LogP contribution >= 0.6 is 162 Å². The van der Waals surface area contributed by atoms with Crippen molar-refractivity contribution in [3.8, 4) is 58.8 Å². The SMILES string of the molecule is CCCCCCCN1C(=O)/C(=C/c2cnc(-c3ccc(-c4ccc(-c5cc6c(SCC(CC)CCCC)c7sc(-c8ccc(-c9ccc(-c%10ncc(/C=C%11\SC(=S)N(CCCCCCC)C%11=O)s%10)s9)s8)cc7c(SCC(CC)CCCC)c6s5)s4)s3)s2)SC1=S. The van der Waals surface area contributed by atoms with Gasteiger partial charge in [0, 0.05) is 106 Å². The summed E-state index contributed by atoms with van der Waals surface area (Å²) < 4.78 is 4.19. The van der Waals surface area contributed by atoms with Crippen molar-refractivity contribution in [1.29, 1.82) is 0 Å².